The Balaban J connectivity index is 0. The highest BCUT2D eigenvalue weighted by Gasteiger charge is 2.12. The topological polar surface area (TPSA) is 172 Å². The van der Waals surface area contributed by atoms with Crippen LogP contribution >= 0.6 is 43.2 Å². The van der Waals surface area contributed by atoms with E-state index < -0.39 is 24.2 Å². The van der Waals surface area contributed by atoms with Crippen LogP contribution in [0.2, 0.25) is 0 Å². The Kier molecular flexibility index (Phi) is 19.1. The van der Waals surface area contributed by atoms with E-state index in [1.807, 2.05) is 0 Å². The maximum Gasteiger partial charge on any atom is 0.147 e. The van der Waals surface area contributed by atoms with Crippen molar-refractivity contribution in [1.82, 2.24) is 0 Å². The van der Waals surface area contributed by atoms with Crippen LogP contribution in [0.5, 0.6) is 0 Å². The maximum atomic E-state index is 10.8. The summed E-state index contributed by atoms with van der Waals surface area (Å²) in [6.07, 6.45) is 0. The Morgan fingerprint density at radius 3 is 0.750 bits per heavy atom. The molecule has 8 nitrogen and oxygen atoms in total. The minimum absolute atomic E-state index is 0.0195. The largest absolute Gasteiger partial charge is 0.321 e. The van der Waals surface area contributed by atoms with Crippen LogP contribution in [0.15, 0.2) is 0 Å². The molecule has 0 rings (SSSR count). The third-order valence-electron chi connectivity index (χ3n) is 3.25. The Morgan fingerprint density at radius 2 is 0.643 bits per heavy atom. The van der Waals surface area contributed by atoms with Gasteiger partial charge in [-0.15, -0.1) is 0 Å². The number of Topliss-reactive ketones (excluding diaryl/α,β-unsaturated/α-hetero) is 4. The number of ketones is 4. The lowest BCUT2D eigenvalue weighted by atomic mass is 10.3. The normalized spacial score (nSPS) is 14.9. The SMILES string of the molecule is CC(=O)[C@@H](N)CSSC[C@H](N)C(C)=O.CC(=O)[C@H](N)CSSC[C@H](N)C(C)=O. The van der Waals surface area contributed by atoms with Crippen molar-refractivity contribution < 1.29 is 19.2 Å². The van der Waals surface area contributed by atoms with Gasteiger partial charge < -0.3 is 22.9 Å². The fourth-order valence-electron chi connectivity index (χ4n) is 0.955. The average molecular weight is 473 g/mol. The molecule has 164 valence electrons. The quantitative estimate of drug-likeness (QED) is 0.203. The lowest BCUT2D eigenvalue weighted by Gasteiger charge is -2.08. The summed E-state index contributed by atoms with van der Waals surface area (Å²) in [5.74, 6) is 2.16. The highest BCUT2D eigenvalue weighted by Crippen LogP contribution is 2.23. The molecule has 28 heavy (non-hydrogen) atoms. The molecule has 0 fully saturated rings. The summed E-state index contributed by atoms with van der Waals surface area (Å²) in [5, 5.41) is 0. The van der Waals surface area contributed by atoms with Crippen molar-refractivity contribution in [3.63, 3.8) is 0 Å². The molecule has 0 radical (unpaired) electrons. The van der Waals surface area contributed by atoms with Crippen molar-refractivity contribution in [3.8, 4) is 0 Å². The van der Waals surface area contributed by atoms with Gasteiger partial charge in [0.15, 0.2) is 0 Å². The highest BCUT2D eigenvalue weighted by molar-refractivity contribution is 8.77. The second-order valence-corrected chi connectivity index (χ2v) is 11.1. The van der Waals surface area contributed by atoms with E-state index >= 15 is 0 Å². The first-order chi connectivity index (χ1) is 12.9. The minimum atomic E-state index is -0.416. The molecule has 0 bridgehead atoms. The van der Waals surface area contributed by atoms with E-state index in [1.165, 1.54) is 70.9 Å². The smallest absolute Gasteiger partial charge is 0.147 e. The van der Waals surface area contributed by atoms with Gasteiger partial charge in [0.2, 0.25) is 0 Å². The molecule has 12 heteroatoms. The first-order valence-corrected chi connectivity index (χ1v) is 13.4. The molecule has 4 atom stereocenters. The molecular weight excluding hydrogens is 440 g/mol. The van der Waals surface area contributed by atoms with Gasteiger partial charge in [-0.3, -0.25) is 19.2 Å². The van der Waals surface area contributed by atoms with Crippen LogP contribution < -0.4 is 22.9 Å². The molecule has 0 heterocycles. The Labute approximate surface area is 183 Å². The molecule has 0 amide bonds. The van der Waals surface area contributed by atoms with E-state index in [4.69, 9.17) is 22.9 Å². The number of carbonyl (C=O) groups is 4. The van der Waals surface area contributed by atoms with Gasteiger partial charge in [-0.25, -0.2) is 0 Å². The van der Waals surface area contributed by atoms with Crippen molar-refractivity contribution in [2.75, 3.05) is 23.0 Å². The van der Waals surface area contributed by atoms with Crippen LogP contribution in [0.4, 0.5) is 0 Å². The summed E-state index contributed by atoms with van der Waals surface area (Å²) in [6.45, 7) is 5.88. The van der Waals surface area contributed by atoms with E-state index in [0.717, 1.165) is 0 Å². The van der Waals surface area contributed by atoms with Gasteiger partial charge in [0.05, 0.1) is 24.2 Å². The monoisotopic (exact) mass is 472 g/mol. The summed E-state index contributed by atoms with van der Waals surface area (Å²) < 4.78 is 0. The van der Waals surface area contributed by atoms with E-state index in [0.29, 0.717) is 23.0 Å². The Hall–Kier alpha value is -0.0800. The number of carbonyl (C=O) groups excluding carboxylic acids is 4. The Bertz CT molecular complexity index is 423. The fourth-order valence-corrected chi connectivity index (χ4v) is 5.78. The van der Waals surface area contributed by atoms with Gasteiger partial charge in [-0.05, 0) is 27.7 Å². The lowest BCUT2D eigenvalue weighted by molar-refractivity contribution is -0.118. The number of rotatable bonds is 14. The van der Waals surface area contributed by atoms with Crippen molar-refractivity contribution in [2.45, 2.75) is 51.9 Å². The molecule has 0 unspecified atom stereocenters. The maximum absolute atomic E-state index is 10.8. The molecule has 0 saturated carbocycles. The summed E-state index contributed by atoms with van der Waals surface area (Å²) in [5.41, 5.74) is 22.0. The third-order valence-corrected chi connectivity index (χ3v) is 8.19. The van der Waals surface area contributed by atoms with E-state index in [-0.39, 0.29) is 23.1 Å². The molecule has 0 aliphatic carbocycles. The number of hydrogen-bond donors (Lipinski definition) is 4. The van der Waals surface area contributed by atoms with Crippen LogP contribution in [0.3, 0.4) is 0 Å². The van der Waals surface area contributed by atoms with Gasteiger partial charge in [0.25, 0.3) is 0 Å². The van der Waals surface area contributed by atoms with Crippen molar-refractivity contribution >= 4 is 66.3 Å². The number of hydrogen-bond acceptors (Lipinski definition) is 12. The molecule has 0 aromatic heterocycles. The Morgan fingerprint density at radius 1 is 0.500 bits per heavy atom. The molecule has 0 aromatic carbocycles. The molecule has 0 aliphatic heterocycles. The van der Waals surface area contributed by atoms with E-state index in [1.54, 1.807) is 0 Å². The van der Waals surface area contributed by atoms with Crippen LogP contribution in [-0.2, 0) is 19.2 Å². The number of nitrogens with two attached hydrogens (primary N) is 4. The van der Waals surface area contributed by atoms with Crippen LogP contribution in [0.1, 0.15) is 27.7 Å². The standard InChI is InChI=1S/2C8H16N2O2S2/c2*1-5(11)7(9)3-13-14-4-8(10)6(2)12/h2*7-8H,3-4,9-10H2,1-2H3/t7-,8+;7-,8-/m.0/s1. The van der Waals surface area contributed by atoms with Crippen molar-refractivity contribution in [3.05, 3.63) is 0 Å². The summed E-state index contributed by atoms with van der Waals surface area (Å²) in [7, 11) is 5.90. The zero-order valence-corrected chi connectivity index (χ0v) is 20.0. The zero-order valence-electron chi connectivity index (χ0n) is 16.7. The summed E-state index contributed by atoms with van der Waals surface area (Å²) in [6, 6.07) is -1.66. The van der Waals surface area contributed by atoms with Gasteiger partial charge in [0.1, 0.15) is 23.1 Å². The minimum Gasteiger partial charge on any atom is -0.321 e. The van der Waals surface area contributed by atoms with Crippen molar-refractivity contribution in [1.29, 1.82) is 0 Å². The van der Waals surface area contributed by atoms with Gasteiger partial charge in [0, 0.05) is 23.0 Å². The summed E-state index contributed by atoms with van der Waals surface area (Å²) >= 11 is 0. The molecule has 0 aromatic rings. The third kappa shape index (κ3) is 18.0. The van der Waals surface area contributed by atoms with E-state index in [2.05, 4.69) is 0 Å². The molecule has 8 N–H and O–H groups in total. The van der Waals surface area contributed by atoms with Crippen molar-refractivity contribution in [2.24, 2.45) is 22.9 Å². The molecular formula is C16H32N4O4S4. The molecule has 0 saturated heterocycles. The average Bonchev–Trinajstić information content (AvgIpc) is 2.61. The predicted octanol–water partition coefficient (Wildman–Crippen LogP) is 0.401. The predicted molar refractivity (Wildman–Crippen MR) is 124 cm³/mol. The zero-order chi connectivity index (χ0) is 22.3. The highest BCUT2D eigenvalue weighted by atomic mass is 33.1. The lowest BCUT2D eigenvalue weighted by Crippen LogP contribution is -2.31. The molecule has 0 spiro atoms. The van der Waals surface area contributed by atoms with Gasteiger partial charge >= 0.3 is 0 Å². The first-order valence-electron chi connectivity index (χ1n) is 8.43. The second-order valence-electron chi connectivity index (χ2n) is 6.01. The van der Waals surface area contributed by atoms with Crippen LogP contribution in [0.25, 0.3) is 0 Å². The van der Waals surface area contributed by atoms with Gasteiger partial charge in [-0.1, -0.05) is 43.2 Å². The second kappa shape index (κ2) is 17.8. The molecule has 0 aliphatic rings. The van der Waals surface area contributed by atoms with E-state index in [9.17, 15) is 19.2 Å². The van der Waals surface area contributed by atoms with Crippen LogP contribution in [0, 0.1) is 0 Å². The first kappa shape index (κ1) is 30.1. The summed E-state index contributed by atoms with van der Waals surface area (Å²) in [4.78, 5) is 43.0. The van der Waals surface area contributed by atoms with Gasteiger partial charge in [-0.2, -0.15) is 0 Å². The van der Waals surface area contributed by atoms with Crippen LogP contribution in [-0.4, -0.2) is 70.3 Å². The fraction of sp³-hybridized carbons (Fsp3) is 0.750.